The van der Waals surface area contributed by atoms with Gasteiger partial charge in [-0.15, -0.1) is 0 Å². The third-order valence-corrected chi connectivity index (χ3v) is 2.66. The first-order chi connectivity index (χ1) is 7.66. The van der Waals surface area contributed by atoms with Gasteiger partial charge in [0.05, 0.1) is 22.3 Å². The quantitative estimate of drug-likeness (QED) is 0.919. The Morgan fingerprint density at radius 3 is 2.88 bits per heavy atom. The number of nitrogens with one attached hydrogen (secondary N) is 1. The van der Waals surface area contributed by atoms with Crippen molar-refractivity contribution in [1.82, 2.24) is 14.8 Å². The Morgan fingerprint density at radius 2 is 2.25 bits per heavy atom. The molecule has 1 N–H and O–H groups in total. The molecule has 84 valence electrons. The van der Waals surface area contributed by atoms with Crippen molar-refractivity contribution in [3.63, 3.8) is 0 Å². The van der Waals surface area contributed by atoms with E-state index in [2.05, 4.69) is 15.4 Å². The Morgan fingerprint density at radius 1 is 1.44 bits per heavy atom. The molecule has 2 heterocycles. The number of halogens is 2. The molecule has 2 aromatic heterocycles. The van der Waals surface area contributed by atoms with E-state index < -0.39 is 0 Å². The van der Waals surface area contributed by atoms with Crippen LogP contribution >= 0.6 is 23.2 Å². The summed E-state index contributed by atoms with van der Waals surface area (Å²) in [4.78, 5) is 4.10. The van der Waals surface area contributed by atoms with Crippen molar-refractivity contribution >= 4 is 29.0 Å². The van der Waals surface area contributed by atoms with E-state index >= 15 is 0 Å². The van der Waals surface area contributed by atoms with Gasteiger partial charge in [0.15, 0.2) is 0 Å². The van der Waals surface area contributed by atoms with Crippen molar-refractivity contribution in [2.75, 3.05) is 5.32 Å². The van der Waals surface area contributed by atoms with E-state index in [1.807, 2.05) is 13.1 Å². The first-order valence-electron chi connectivity index (χ1n) is 4.68. The van der Waals surface area contributed by atoms with Crippen molar-refractivity contribution in [2.24, 2.45) is 7.05 Å². The van der Waals surface area contributed by atoms with Crippen LogP contribution in [0.3, 0.4) is 0 Å². The summed E-state index contributed by atoms with van der Waals surface area (Å²) < 4.78 is 1.79. The minimum absolute atomic E-state index is 0.509. The summed E-state index contributed by atoms with van der Waals surface area (Å²) in [5.74, 6) is 0.618. The van der Waals surface area contributed by atoms with Crippen LogP contribution < -0.4 is 5.32 Å². The van der Waals surface area contributed by atoms with E-state index in [9.17, 15) is 0 Å². The van der Waals surface area contributed by atoms with Crippen LogP contribution in [-0.2, 0) is 13.6 Å². The Labute approximate surface area is 103 Å². The van der Waals surface area contributed by atoms with Crippen LogP contribution in [0.15, 0.2) is 24.5 Å². The normalized spacial score (nSPS) is 10.4. The van der Waals surface area contributed by atoms with Crippen LogP contribution in [0.4, 0.5) is 5.82 Å². The maximum Gasteiger partial charge on any atom is 0.145 e. The number of hydrogen-bond donors (Lipinski definition) is 1. The Bertz CT molecular complexity index is 495. The van der Waals surface area contributed by atoms with Gasteiger partial charge in [-0.05, 0) is 12.1 Å². The van der Waals surface area contributed by atoms with Crippen molar-refractivity contribution < 1.29 is 0 Å². The Kier molecular flexibility index (Phi) is 3.31. The second-order valence-electron chi connectivity index (χ2n) is 3.28. The maximum atomic E-state index is 5.98. The van der Waals surface area contributed by atoms with E-state index in [0.29, 0.717) is 22.4 Å². The predicted octanol–water partition coefficient (Wildman–Crippen LogP) is 2.73. The third-order valence-electron chi connectivity index (χ3n) is 2.17. The summed E-state index contributed by atoms with van der Waals surface area (Å²) in [6.45, 7) is 0.616. The molecule has 0 saturated carbocycles. The number of nitrogens with zero attached hydrogens (tertiary/aromatic N) is 3. The standard InChI is InChI=1S/C10H10Cl2N4/c1-16-8(2-3-15-16)6-14-10-9(12)4-7(11)5-13-10/h2-5H,6H2,1H3,(H,13,14). The smallest absolute Gasteiger partial charge is 0.145 e. The average Bonchev–Trinajstić information content (AvgIpc) is 2.63. The number of hydrogen-bond acceptors (Lipinski definition) is 3. The fraction of sp³-hybridized carbons (Fsp3) is 0.200. The monoisotopic (exact) mass is 256 g/mol. The molecule has 0 bridgehead atoms. The van der Waals surface area contributed by atoms with Gasteiger partial charge in [0, 0.05) is 19.4 Å². The average molecular weight is 257 g/mol. The molecule has 0 aromatic carbocycles. The first-order valence-corrected chi connectivity index (χ1v) is 5.44. The molecular weight excluding hydrogens is 247 g/mol. The lowest BCUT2D eigenvalue weighted by Gasteiger charge is -2.07. The van der Waals surface area contributed by atoms with E-state index in [1.54, 1.807) is 23.1 Å². The summed E-state index contributed by atoms with van der Waals surface area (Å²) in [5.41, 5.74) is 1.05. The highest BCUT2D eigenvalue weighted by Gasteiger charge is 2.03. The van der Waals surface area contributed by atoms with E-state index in [-0.39, 0.29) is 0 Å². The molecule has 0 spiro atoms. The third kappa shape index (κ3) is 2.46. The largest absolute Gasteiger partial charge is 0.363 e. The van der Waals surface area contributed by atoms with Gasteiger partial charge in [-0.1, -0.05) is 23.2 Å². The fourth-order valence-corrected chi connectivity index (χ4v) is 1.74. The second kappa shape index (κ2) is 4.72. The summed E-state index contributed by atoms with van der Waals surface area (Å²) in [6.07, 6.45) is 3.30. The number of pyridine rings is 1. The molecule has 0 unspecified atom stereocenters. The minimum Gasteiger partial charge on any atom is -0.363 e. The number of aryl methyl sites for hydroxylation is 1. The molecule has 0 aliphatic rings. The van der Waals surface area contributed by atoms with Gasteiger partial charge in [0.2, 0.25) is 0 Å². The van der Waals surface area contributed by atoms with Gasteiger partial charge in [0.25, 0.3) is 0 Å². The highest BCUT2D eigenvalue weighted by molar-refractivity contribution is 6.35. The molecule has 2 aromatic rings. The van der Waals surface area contributed by atoms with Crippen LogP contribution in [0.1, 0.15) is 5.69 Å². The van der Waals surface area contributed by atoms with Crippen molar-refractivity contribution in [1.29, 1.82) is 0 Å². The molecule has 0 saturated heterocycles. The zero-order valence-corrected chi connectivity index (χ0v) is 10.1. The van der Waals surface area contributed by atoms with Gasteiger partial charge in [-0.2, -0.15) is 5.10 Å². The lowest BCUT2D eigenvalue weighted by atomic mass is 10.4. The summed E-state index contributed by atoms with van der Waals surface area (Å²) in [5, 5.41) is 8.22. The second-order valence-corrected chi connectivity index (χ2v) is 4.13. The SMILES string of the molecule is Cn1nccc1CNc1ncc(Cl)cc1Cl. The van der Waals surface area contributed by atoms with Crippen LogP contribution in [0, 0.1) is 0 Å². The van der Waals surface area contributed by atoms with Crippen molar-refractivity contribution in [3.05, 3.63) is 40.3 Å². The lowest BCUT2D eigenvalue weighted by molar-refractivity contribution is 0.720. The van der Waals surface area contributed by atoms with Gasteiger partial charge < -0.3 is 5.32 Å². The number of rotatable bonds is 3. The summed E-state index contributed by atoms with van der Waals surface area (Å²) >= 11 is 11.7. The molecule has 2 rings (SSSR count). The Balaban J connectivity index is 2.08. The van der Waals surface area contributed by atoms with Crippen LogP contribution in [0.2, 0.25) is 10.0 Å². The molecule has 0 aliphatic heterocycles. The zero-order chi connectivity index (χ0) is 11.5. The van der Waals surface area contributed by atoms with Crippen molar-refractivity contribution in [2.45, 2.75) is 6.54 Å². The summed E-state index contributed by atoms with van der Waals surface area (Å²) in [7, 11) is 1.88. The van der Waals surface area contributed by atoms with Crippen molar-refractivity contribution in [3.8, 4) is 0 Å². The molecule has 0 aliphatic carbocycles. The Hall–Kier alpha value is -1.26. The maximum absolute atomic E-state index is 5.98. The molecule has 6 heteroatoms. The molecule has 4 nitrogen and oxygen atoms in total. The van der Waals surface area contributed by atoms with Gasteiger partial charge in [-0.3, -0.25) is 4.68 Å². The highest BCUT2D eigenvalue weighted by Crippen LogP contribution is 2.22. The predicted molar refractivity (Wildman–Crippen MR) is 64.8 cm³/mol. The molecular formula is C10H10Cl2N4. The summed E-state index contributed by atoms with van der Waals surface area (Å²) in [6, 6.07) is 3.58. The van der Waals surface area contributed by atoms with Gasteiger partial charge >= 0.3 is 0 Å². The molecule has 0 fully saturated rings. The van der Waals surface area contributed by atoms with Crippen LogP contribution in [0.25, 0.3) is 0 Å². The van der Waals surface area contributed by atoms with E-state index in [0.717, 1.165) is 5.69 Å². The first kappa shape index (κ1) is 11.2. The highest BCUT2D eigenvalue weighted by atomic mass is 35.5. The lowest BCUT2D eigenvalue weighted by Crippen LogP contribution is -2.06. The zero-order valence-electron chi connectivity index (χ0n) is 8.61. The number of anilines is 1. The fourth-order valence-electron chi connectivity index (χ4n) is 1.29. The topological polar surface area (TPSA) is 42.7 Å². The number of aromatic nitrogens is 3. The van der Waals surface area contributed by atoms with Gasteiger partial charge in [-0.25, -0.2) is 4.98 Å². The molecule has 0 amide bonds. The van der Waals surface area contributed by atoms with E-state index in [1.165, 1.54) is 0 Å². The van der Waals surface area contributed by atoms with E-state index in [4.69, 9.17) is 23.2 Å². The molecule has 16 heavy (non-hydrogen) atoms. The van der Waals surface area contributed by atoms with Crippen LogP contribution in [-0.4, -0.2) is 14.8 Å². The minimum atomic E-state index is 0.509. The molecule has 0 radical (unpaired) electrons. The molecule has 0 atom stereocenters. The van der Waals surface area contributed by atoms with Gasteiger partial charge in [0.1, 0.15) is 5.82 Å². The van der Waals surface area contributed by atoms with Crippen LogP contribution in [0.5, 0.6) is 0 Å².